The summed E-state index contributed by atoms with van der Waals surface area (Å²) in [4.78, 5) is 12.5. The predicted octanol–water partition coefficient (Wildman–Crippen LogP) is 3.44. The van der Waals surface area contributed by atoms with Crippen LogP contribution >= 0.6 is 0 Å². The minimum Gasteiger partial charge on any atom is -0.326 e. The van der Waals surface area contributed by atoms with E-state index in [9.17, 15) is 17.6 Å². The van der Waals surface area contributed by atoms with Crippen molar-refractivity contribution in [2.24, 2.45) is 5.92 Å². The summed E-state index contributed by atoms with van der Waals surface area (Å²) >= 11 is 0. The number of nitrogens with zero attached hydrogens (tertiary/aromatic N) is 1. The van der Waals surface area contributed by atoms with Crippen molar-refractivity contribution in [2.45, 2.75) is 25.7 Å². The Morgan fingerprint density at radius 2 is 1.82 bits per heavy atom. The van der Waals surface area contributed by atoms with E-state index in [0.29, 0.717) is 37.9 Å². The summed E-state index contributed by atoms with van der Waals surface area (Å²) in [6.45, 7) is 0.648. The molecule has 0 radical (unpaired) electrons. The highest BCUT2D eigenvalue weighted by Gasteiger charge is 2.32. The molecule has 28 heavy (non-hydrogen) atoms. The predicted molar refractivity (Wildman–Crippen MR) is 108 cm³/mol. The van der Waals surface area contributed by atoms with Gasteiger partial charge in [-0.3, -0.25) is 4.79 Å². The summed E-state index contributed by atoms with van der Waals surface area (Å²) in [6.07, 6.45) is 2.56. The first-order valence-corrected chi connectivity index (χ1v) is 11.1. The van der Waals surface area contributed by atoms with Crippen molar-refractivity contribution in [3.8, 4) is 0 Å². The smallest absolute Gasteiger partial charge is 0.228 e. The van der Waals surface area contributed by atoms with Crippen molar-refractivity contribution in [2.75, 3.05) is 24.2 Å². The third-order valence-corrected chi connectivity index (χ3v) is 6.89. The molecule has 5 nitrogen and oxygen atoms in total. The number of sulfonamides is 1. The van der Waals surface area contributed by atoms with Gasteiger partial charge in [-0.1, -0.05) is 30.3 Å². The number of piperidine rings is 1. The van der Waals surface area contributed by atoms with Crippen molar-refractivity contribution < 1.29 is 17.6 Å². The molecule has 1 N–H and O–H groups in total. The van der Waals surface area contributed by atoms with Gasteiger partial charge in [0.1, 0.15) is 5.82 Å². The molecule has 3 rings (SSSR count). The van der Waals surface area contributed by atoms with E-state index in [1.807, 2.05) is 30.3 Å². The van der Waals surface area contributed by atoms with E-state index < -0.39 is 15.9 Å². The van der Waals surface area contributed by atoms with Crippen LogP contribution in [0.15, 0.2) is 54.6 Å². The molecule has 2 aromatic rings. The van der Waals surface area contributed by atoms with Crippen LogP contribution in [0.25, 0.3) is 0 Å². The molecule has 1 fully saturated rings. The summed E-state index contributed by atoms with van der Waals surface area (Å²) in [5.41, 5.74) is 1.63. The summed E-state index contributed by atoms with van der Waals surface area (Å²) in [5.74, 6) is -0.921. The second-order valence-electron chi connectivity index (χ2n) is 7.10. The maximum Gasteiger partial charge on any atom is 0.228 e. The third-order valence-electron chi connectivity index (χ3n) is 4.97. The maximum atomic E-state index is 13.0. The van der Waals surface area contributed by atoms with Crippen LogP contribution in [0.4, 0.5) is 10.1 Å². The van der Waals surface area contributed by atoms with Crippen LogP contribution < -0.4 is 5.32 Å². The highest BCUT2D eigenvalue weighted by atomic mass is 32.2. The number of anilines is 1. The number of halogens is 1. The Morgan fingerprint density at radius 3 is 2.54 bits per heavy atom. The van der Waals surface area contributed by atoms with Gasteiger partial charge >= 0.3 is 0 Å². The lowest BCUT2D eigenvalue weighted by Gasteiger charge is -2.31. The highest BCUT2D eigenvalue weighted by Crippen LogP contribution is 2.22. The Hall–Kier alpha value is -2.25. The molecule has 150 valence electrons. The number of aryl methyl sites for hydroxylation is 1. The van der Waals surface area contributed by atoms with Crippen LogP contribution in [0.5, 0.6) is 0 Å². The zero-order valence-corrected chi connectivity index (χ0v) is 16.5. The molecule has 0 saturated carbocycles. The van der Waals surface area contributed by atoms with E-state index in [2.05, 4.69) is 5.32 Å². The van der Waals surface area contributed by atoms with E-state index in [4.69, 9.17) is 0 Å². The lowest BCUT2D eigenvalue weighted by Crippen LogP contribution is -2.44. The first-order valence-electron chi connectivity index (χ1n) is 9.52. The van der Waals surface area contributed by atoms with E-state index >= 15 is 0 Å². The Balaban J connectivity index is 1.53. The molecule has 2 aromatic carbocycles. The van der Waals surface area contributed by atoms with Gasteiger partial charge in [0, 0.05) is 18.8 Å². The standard InChI is InChI=1S/C21H25FN2O3S/c22-19-10-12-20(13-11-19)23-21(25)18-9-4-14-24(16-18)28(26,27)15-5-8-17-6-2-1-3-7-17/h1-3,6-7,10-13,18H,4-5,8-9,14-16H2,(H,23,25)/t18-/m0/s1. The molecule has 0 spiro atoms. The molecule has 1 atom stereocenters. The zero-order valence-electron chi connectivity index (χ0n) is 15.7. The fraction of sp³-hybridized carbons (Fsp3) is 0.381. The second kappa shape index (κ2) is 9.30. The molecular weight excluding hydrogens is 379 g/mol. The molecule has 1 aliphatic rings. The molecule has 1 saturated heterocycles. The van der Waals surface area contributed by atoms with E-state index in [1.165, 1.54) is 28.6 Å². The summed E-state index contributed by atoms with van der Waals surface area (Å²) in [7, 11) is -3.39. The van der Waals surface area contributed by atoms with Gasteiger partial charge in [0.15, 0.2) is 0 Å². The van der Waals surface area contributed by atoms with Crippen LogP contribution in [0, 0.1) is 11.7 Å². The summed E-state index contributed by atoms with van der Waals surface area (Å²) < 4.78 is 39.8. The SMILES string of the molecule is O=C(Nc1ccc(F)cc1)[C@H]1CCCN(S(=O)(=O)CCCc2ccccc2)C1. The number of carbonyl (C=O) groups is 1. The molecular formula is C21H25FN2O3S. The Morgan fingerprint density at radius 1 is 1.11 bits per heavy atom. The van der Waals surface area contributed by atoms with Crippen LogP contribution in [0.2, 0.25) is 0 Å². The summed E-state index contributed by atoms with van der Waals surface area (Å²) in [6, 6.07) is 15.3. The lowest BCUT2D eigenvalue weighted by atomic mass is 9.99. The number of rotatable bonds is 7. The molecule has 7 heteroatoms. The van der Waals surface area contributed by atoms with Crippen molar-refractivity contribution in [1.82, 2.24) is 4.31 Å². The zero-order chi connectivity index (χ0) is 20.0. The van der Waals surface area contributed by atoms with Crippen molar-refractivity contribution in [3.05, 3.63) is 66.0 Å². The molecule has 1 aliphatic heterocycles. The van der Waals surface area contributed by atoms with Gasteiger partial charge in [0.2, 0.25) is 15.9 Å². The normalized spacial score (nSPS) is 18.0. The minimum atomic E-state index is -3.39. The number of nitrogens with one attached hydrogen (secondary N) is 1. The maximum absolute atomic E-state index is 13.0. The average molecular weight is 405 g/mol. The number of hydrogen-bond donors (Lipinski definition) is 1. The molecule has 0 bridgehead atoms. The third kappa shape index (κ3) is 5.62. The fourth-order valence-corrected chi connectivity index (χ4v) is 5.00. The van der Waals surface area contributed by atoms with Gasteiger partial charge in [0.25, 0.3) is 0 Å². The number of benzene rings is 2. The molecule has 1 amide bonds. The van der Waals surface area contributed by atoms with Crippen LogP contribution in [0.1, 0.15) is 24.8 Å². The Labute approximate surface area is 165 Å². The van der Waals surface area contributed by atoms with E-state index in [0.717, 1.165) is 5.56 Å². The highest BCUT2D eigenvalue weighted by molar-refractivity contribution is 7.89. The molecule has 0 unspecified atom stereocenters. The van der Waals surface area contributed by atoms with Crippen LogP contribution in [0.3, 0.4) is 0 Å². The average Bonchev–Trinajstić information content (AvgIpc) is 2.70. The molecule has 0 aliphatic carbocycles. The van der Waals surface area contributed by atoms with Crippen molar-refractivity contribution >= 4 is 21.6 Å². The van der Waals surface area contributed by atoms with Gasteiger partial charge in [0.05, 0.1) is 11.7 Å². The minimum absolute atomic E-state index is 0.0776. The number of amides is 1. The van der Waals surface area contributed by atoms with Gasteiger partial charge in [-0.05, 0) is 55.5 Å². The van der Waals surface area contributed by atoms with Crippen LogP contribution in [-0.4, -0.2) is 37.5 Å². The van der Waals surface area contributed by atoms with Gasteiger partial charge in [-0.15, -0.1) is 0 Å². The number of hydrogen-bond acceptors (Lipinski definition) is 3. The van der Waals surface area contributed by atoms with E-state index in [1.54, 1.807) is 0 Å². The van der Waals surface area contributed by atoms with Crippen LogP contribution in [-0.2, 0) is 21.2 Å². The second-order valence-corrected chi connectivity index (χ2v) is 9.19. The first-order chi connectivity index (χ1) is 13.4. The van der Waals surface area contributed by atoms with Crippen molar-refractivity contribution in [3.63, 3.8) is 0 Å². The number of carbonyl (C=O) groups excluding carboxylic acids is 1. The van der Waals surface area contributed by atoms with Crippen molar-refractivity contribution in [1.29, 1.82) is 0 Å². The quantitative estimate of drug-likeness (QED) is 0.769. The monoisotopic (exact) mass is 404 g/mol. The molecule has 0 aromatic heterocycles. The van der Waals surface area contributed by atoms with E-state index in [-0.39, 0.29) is 24.0 Å². The Bertz CT molecular complexity index is 886. The fourth-order valence-electron chi connectivity index (χ4n) is 3.42. The Kier molecular flexibility index (Phi) is 6.80. The summed E-state index contributed by atoms with van der Waals surface area (Å²) in [5, 5.41) is 2.75. The first kappa shape index (κ1) is 20.5. The van der Waals surface area contributed by atoms with Gasteiger partial charge < -0.3 is 5.32 Å². The molecule has 1 heterocycles. The van der Waals surface area contributed by atoms with Gasteiger partial charge in [-0.25, -0.2) is 17.1 Å². The van der Waals surface area contributed by atoms with Gasteiger partial charge in [-0.2, -0.15) is 0 Å². The lowest BCUT2D eigenvalue weighted by molar-refractivity contribution is -0.120. The topological polar surface area (TPSA) is 66.5 Å². The largest absolute Gasteiger partial charge is 0.326 e.